The highest BCUT2D eigenvalue weighted by atomic mass is 16.5. The second-order valence-corrected chi connectivity index (χ2v) is 5.25. The Morgan fingerprint density at radius 1 is 1.53 bits per heavy atom. The lowest BCUT2D eigenvalue weighted by Crippen LogP contribution is -2.47. The molecule has 5 heteroatoms. The van der Waals surface area contributed by atoms with E-state index in [1.165, 1.54) is 13.0 Å². The van der Waals surface area contributed by atoms with Crippen molar-refractivity contribution in [3.63, 3.8) is 0 Å². The molecular formula is C12H20N4O. The number of nitrogens with zero attached hydrogens (tertiary/aromatic N) is 3. The van der Waals surface area contributed by atoms with Crippen molar-refractivity contribution < 1.29 is 4.52 Å². The van der Waals surface area contributed by atoms with Gasteiger partial charge in [-0.25, -0.2) is 0 Å². The number of aryl methyl sites for hydroxylation is 1. The van der Waals surface area contributed by atoms with Crippen LogP contribution in [-0.4, -0.2) is 34.2 Å². The molecule has 5 nitrogen and oxygen atoms in total. The molecular weight excluding hydrogens is 216 g/mol. The minimum atomic E-state index is -0.383. The molecule has 2 atom stereocenters. The number of rotatable bonds is 3. The predicted octanol–water partition coefficient (Wildman–Crippen LogP) is 1.04. The number of fused-ring (bicyclic) bond motifs is 1. The molecule has 0 aromatic carbocycles. The van der Waals surface area contributed by atoms with Crippen molar-refractivity contribution in [1.82, 2.24) is 15.0 Å². The highest BCUT2D eigenvalue weighted by molar-refractivity contribution is 5.15. The summed E-state index contributed by atoms with van der Waals surface area (Å²) in [7, 11) is 0. The Morgan fingerprint density at radius 2 is 2.41 bits per heavy atom. The Balaban J connectivity index is 1.86. The van der Waals surface area contributed by atoms with Crippen LogP contribution in [0.15, 0.2) is 4.52 Å². The molecule has 0 bridgehead atoms. The van der Waals surface area contributed by atoms with Crippen molar-refractivity contribution >= 4 is 0 Å². The first kappa shape index (κ1) is 11.2. The Morgan fingerprint density at radius 3 is 3.24 bits per heavy atom. The minimum Gasteiger partial charge on any atom is -0.339 e. The van der Waals surface area contributed by atoms with E-state index >= 15 is 0 Å². The van der Waals surface area contributed by atoms with Gasteiger partial charge in [0.05, 0.1) is 5.54 Å². The van der Waals surface area contributed by atoms with Crippen molar-refractivity contribution in [2.75, 3.05) is 13.1 Å². The van der Waals surface area contributed by atoms with Crippen molar-refractivity contribution in [3.8, 4) is 0 Å². The maximum atomic E-state index is 6.55. The molecule has 17 heavy (non-hydrogen) atoms. The third-order valence-electron chi connectivity index (χ3n) is 4.12. The number of nitrogens with two attached hydrogens (primary N) is 1. The van der Waals surface area contributed by atoms with E-state index in [0.29, 0.717) is 6.04 Å². The zero-order chi connectivity index (χ0) is 11.9. The lowest BCUT2D eigenvalue weighted by atomic mass is 9.89. The predicted molar refractivity (Wildman–Crippen MR) is 63.4 cm³/mol. The maximum absolute atomic E-state index is 6.55. The summed E-state index contributed by atoms with van der Waals surface area (Å²) in [5, 5.41) is 4.11. The van der Waals surface area contributed by atoms with Crippen molar-refractivity contribution in [1.29, 1.82) is 0 Å². The SMILES string of the molecule is CCCc1nc(C2(N)CCN3CCCC32)no1. The quantitative estimate of drug-likeness (QED) is 0.849. The van der Waals surface area contributed by atoms with E-state index < -0.39 is 0 Å². The third kappa shape index (κ3) is 1.68. The average molecular weight is 236 g/mol. The lowest BCUT2D eigenvalue weighted by molar-refractivity contribution is 0.252. The first-order chi connectivity index (χ1) is 8.24. The molecule has 1 aromatic rings. The van der Waals surface area contributed by atoms with Crippen LogP contribution in [0, 0.1) is 0 Å². The molecule has 0 saturated carbocycles. The summed E-state index contributed by atoms with van der Waals surface area (Å²) >= 11 is 0. The van der Waals surface area contributed by atoms with Gasteiger partial charge in [-0.2, -0.15) is 4.98 Å². The van der Waals surface area contributed by atoms with Gasteiger partial charge in [0.2, 0.25) is 5.89 Å². The highest BCUT2D eigenvalue weighted by Crippen LogP contribution is 2.39. The molecule has 94 valence electrons. The fraction of sp³-hybridized carbons (Fsp3) is 0.833. The molecule has 2 unspecified atom stereocenters. The standard InChI is InChI=1S/C12H20N4O/c1-2-4-10-14-11(15-17-10)12(13)6-8-16-7-3-5-9(12)16/h9H,2-8,13H2,1H3. The molecule has 3 heterocycles. The number of hydrogen-bond donors (Lipinski definition) is 1. The monoisotopic (exact) mass is 236 g/mol. The van der Waals surface area contributed by atoms with Gasteiger partial charge in [0.25, 0.3) is 0 Å². The molecule has 2 saturated heterocycles. The Bertz CT molecular complexity index is 405. The van der Waals surface area contributed by atoms with Gasteiger partial charge in [-0.3, -0.25) is 4.90 Å². The van der Waals surface area contributed by atoms with E-state index in [1.807, 2.05) is 0 Å². The molecule has 2 N–H and O–H groups in total. The normalized spacial score (nSPS) is 33.2. The summed E-state index contributed by atoms with van der Waals surface area (Å²) in [6.07, 6.45) is 5.21. The molecule has 3 rings (SSSR count). The van der Waals surface area contributed by atoms with E-state index in [0.717, 1.165) is 43.9 Å². The topological polar surface area (TPSA) is 68.2 Å². The first-order valence-corrected chi connectivity index (χ1v) is 6.60. The highest BCUT2D eigenvalue weighted by Gasteiger charge is 2.50. The summed E-state index contributed by atoms with van der Waals surface area (Å²) < 4.78 is 5.27. The van der Waals surface area contributed by atoms with Gasteiger partial charge in [0, 0.05) is 19.0 Å². The third-order valence-corrected chi connectivity index (χ3v) is 4.12. The smallest absolute Gasteiger partial charge is 0.226 e. The van der Waals surface area contributed by atoms with Gasteiger partial charge in [0.1, 0.15) is 0 Å². The van der Waals surface area contributed by atoms with Crippen LogP contribution in [0.3, 0.4) is 0 Å². The van der Waals surface area contributed by atoms with Crippen LogP contribution in [0.5, 0.6) is 0 Å². The van der Waals surface area contributed by atoms with Gasteiger partial charge in [0.15, 0.2) is 5.82 Å². The van der Waals surface area contributed by atoms with Crippen molar-refractivity contribution in [2.24, 2.45) is 5.73 Å². The van der Waals surface area contributed by atoms with Crippen molar-refractivity contribution in [2.45, 2.75) is 50.6 Å². The van der Waals surface area contributed by atoms with Crippen LogP contribution < -0.4 is 5.73 Å². The van der Waals surface area contributed by atoms with E-state index in [4.69, 9.17) is 10.3 Å². The van der Waals surface area contributed by atoms with Gasteiger partial charge in [-0.05, 0) is 32.2 Å². The summed E-state index contributed by atoms with van der Waals surface area (Å²) in [5.74, 6) is 1.44. The lowest BCUT2D eigenvalue weighted by Gasteiger charge is -2.27. The fourth-order valence-electron chi connectivity index (χ4n) is 3.19. The molecule has 0 spiro atoms. The number of aromatic nitrogens is 2. The zero-order valence-electron chi connectivity index (χ0n) is 10.4. The van der Waals surface area contributed by atoms with Crippen LogP contribution in [0.25, 0.3) is 0 Å². The van der Waals surface area contributed by atoms with Crippen LogP contribution in [0.1, 0.15) is 44.3 Å². The minimum absolute atomic E-state index is 0.383. The van der Waals surface area contributed by atoms with E-state index in [-0.39, 0.29) is 5.54 Å². The van der Waals surface area contributed by atoms with Gasteiger partial charge < -0.3 is 10.3 Å². The Kier molecular flexibility index (Phi) is 2.67. The largest absolute Gasteiger partial charge is 0.339 e. The summed E-state index contributed by atoms with van der Waals surface area (Å²) in [5.41, 5.74) is 6.17. The maximum Gasteiger partial charge on any atom is 0.226 e. The van der Waals surface area contributed by atoms with Crippen LogP contribution in [0.2, 0.25) is 0 Å². The molecule has 0 aliphatic carbocycles. The first-order valence-electron chi connectivity index (χ1n) is 6.60. The van der Waals surface area contributed by atoms with Gasteiger partial charge >= 0.3 is 0 Å². The number of hydrogen-bond acceptors (Lipinski definition) is 5. The van der Waals surface area contributed by atoms with Crippen LogP contribution in [-0.2, 0) is 12.0 Å². The summed E-state index contributed by atoms with van der Waals surface area (Å²) in [6, 6.07) is 0.412. The fourth-order valence-corrected chi connectivity index (χ4v) is 3.19. The average Bonchev–Trinajstić information content (AvgIpc) is 2.98. The van der Waals surface area contributed by atoms with Crippen LogP contribution >= 0.6 is 0 Å². The zero-order valence-corrected chi connectivity index (χ0v) is 10.4. The Hall–Kier alpha value is -0.940. The molecule has 2 aliphatic heterocycles. The molecule has 0 amide bonds. The Labute approximate surface area is 101 Å². The molecule has 2 aliphatic rings. The molecule has 0 radical (unpaired) electrons. The van der Waals surface area contributed by atoms with Gasteiger partial charge in [-0.1, -0.05) is 12.1 Å². The van der Waals surface area contributed by atoms with E-state index in [9.17, 15) is 0 Å². The molecule has 2 fully saturated rings. The molecule has 1 aromatic heterocycles. The second kappa shape index (κ2) is 4.07. The second-order valence-electron chi connectivity index (χ2n) is 5.25. The van der Waals surface area contributed by atoms with E-state index in [1.54, 1.807) is 0 Å². The van der Waals surface area contributed by atoms with Crippen LogP contribution in [0.4, 0.5) is 0 Å². The van der Waals surface area contributed by atoms with Gasteiger partial charge in [-0.15, -0.1) is 0 Å². The summed E-state index contributed by atoms with van der Waals surface area (Å²) in [6.45, 7) is 4.35. The summed E-state index contributed by atoms with van der Waals surface area (Å²) in [4.78, 5) is 6.95. The van der Waals surface area contributed by atoms with Crippen molar-refractivity contribution in [3.05, 3.63) is 11.7 Å². The van der Waals surface area contributed by atoms with E-state index in [2.05, 4.69) is 22.0 Å².